The van der Waals surface area contributed by atoms with Crippen molar-refractivity contribution in [1.82, 2.24) is 4.31 Å². The maximum absolute atomic E-state index is 12.8. The predicted octanol–water partition coefficient (Wildman–Crippen LogP) is 4.13. The average molecular weight is 423 g/mol. The van der Waals surface area contributed by atoms with E-state index >= 15 is 0 Å². The van der Waals surface area contributed by atoms with Crippen molar-refractivity contribution in [3.05, 3.63) is 29.8 Å². The molecule has 0 aliphatic heterocycles. The number of hydrogen-bond donors (Lipinski definition) is 1. The number of unbranched alkanes of at least 4 members (excludes halogenated alkanes) is 1. The first-order valence-electron chi connectivity index (χ1n) is 9.62. The summed E-state index contributed by atoms with van der Waals surface area (Å²) in [5.41, 5.74) is 5.10. The van der Waals surface area contributed by atoms with Crippen molar-refractivity contribution >= 4 is 10.0 Å². The Morgan fingerprint density at radius 3 is 2.25 bits per heavy atom. The summed E-state index contributed by atoms with van der Waals surface area (Å²) in [6, 6.07) is 3.40. The summed E-state index contributed by atoms with van der Waals surface area (Å²) < 4.78 is 70.7. The second kappa shape index (κ2) is 9.56. The van der Waals surface area contributed by atoms with Gasteiger partial charge in [-0.2, -0.15) is 17.5 Å². The van der Waals surface area contributed by atoms with Gasteiger partial charge in [0.25, 0.3) is 0 Å². The Kier molecular flexibility index (Phi) is 7.89. The molecule has 160 valence electrons. The van der Waals surface area contributed by atoms with E-state index in [2.05, 4.69) is 6.92 Å². The number of halogens is 3. The van der Waals surface area contributed by atoms with Crippen LogP contribution >= 0.6 is 0 Å². The molecule has 0 amide bonds. The number of hydrogen-bond acceptors (Lipinski definition) is 4. The lowest BCUT2D eigenvalue weighted by atomic mass is 9.93. The van der Waals surface area contributed by atoms with Crippen molar-refractivity contribution in [3.8, 4) is 0 Å². The topological polar surface area (TPSA) is 72.6 Å². The van der Waals surface area contributed by atoms with Crippen LogP contribution in [0.4, 0.5) is 13.2 Å². The summed E-state index contributed by atoms with van der Waals surface area (Å²) in [5, 5.41) is 0. The molecule has 5 nitrogen and oxygen atoms in total. The summed E-state index contributed by atoms with van der Waals surface area (Å²) in [6.45, 7) is 2.09. The van der Waals surface area contributed by atoms with Gasteiger partial charge in [0, 0.05) is 13.1 Å². The van der Waals surface area contributed by atoms with Gasteiger partial charge in [-0.3, -0.25) is 0 Å². The molecule has 0 aromatic heterocycles. The van der Waals surface area contributed by atoms with Crippen molar-refractivity contribution in [2.75, 3.05) is 7.05 Å². The van der Waals surface area contributed by atoms with Crippen LogP contribution in [0.25, 0.3) is 0 Å². The summed E-state index contributed by atoms with van der Waals surface area (Å²) >= 11 is 0. The molecule has 28 heavy (non-hydrogen) atoms. The average Bonchev–Trinajstić information content (AvgIpc) is 2.65. The molecule has 1 atom stereocenters. The minimum absolute atomic E-state index is 0.0188. The van der Waals surface area contributed by atoms with Crippen molar-refractivity contribution in [2.24, 2.45) is 5.73 Å². The molecule has 1 aromatic rings. The van der Waals surface area contributed by atoms with E-state index in [0.29, 0.717) is 25.7 Å². The molecule has 2 rings (SSSR count). The van der Waals surface area contributed by atoms with Gasteiger partial charge in [0.1, 0.15) is 6.23 Å². The van der Waals surface area contributed by atoms with E-state index in [1.165, 1.54) is 11.4 Å². The van der Waals surface area contributed by atoms with Crippen LogP contribution in [0.15, 0.2) is 29.2 Å². The number of sulfonamides is 1. The number of nitrogens with zero attached hydrogens (tertiary/aromatic N) is 1. The van der Waals surface area contributed by atoms with Gasteiger partial charge in [-0.15, -0.1) is 0 Å². The van der Waals surface area contributed by atoms with Gasteiger partial charge in [-0.25, -0.2) is 8.42 Å². The number of nitrogens with two attached hydrogens (primary N) is 1. The minimum atomic E-state index is -4.50. The standard InChI is InChI=1S/C19H29F3N2O3S/c1-3-4-5-18(23)27-16-10-8-15(9-11-16)24(2)28(25,26)17-12-6-14(7-13-17)19(20,21)22/h6-7,12-13,15-16,18H,3-5,8-11,23H2,1-2H3. The summed E-state index contributed by atoms with van der Waals surface area (Å²) in [7, 11) is -2.37. The van der Waals surface area contributed by atoms with Crippen molar-refractivity contribution in [3.63, 3.8) is 0 Å². The van der Waals surface area contributed by atoms with Gasteiger partial charge < -0.3 is 10.5 Å². The highest BCUT2D eigenvalue weighted by molar-refractivity contribution is 7.89. The fraction of sp³-hybridized carbons (Fsp3) is 0.684. The van der Waals surface area contributed by atoms with Gasteiger partial charge in [0.2, 0.25) is 10.0 Å². The fourth-order valence-electron chi connectivity index (χ4n) is 3.44. The van der Waals surface area contributed by atoms with E-state index in [1.54, 1.807) is 0 Å². The molecule has 1 saturated carbocycles. The molecule has 2 N–H and O–H groups in total. The quantitative estimate of drug-likeness (QED) is 0.640. The number of ether oxygens (including phenoxy) is 1. The van der Waals surface area contributed by atoms with Crippen molar-refractivity contribution < 1.29 is 26.3 Å². The third-order valence-corrected chi connectivity index (χ3v) is 7.15. The van der Waals surface area contributed by atoms with Gasteiger partial charge in [0.05, 0.1) is 16.6 Å². The third kappa shape index (κ3) is 5.92. The van der Waals surface area contributed by atoms with Crippen LogP contribution in [0.3, 0.4) is 0 Å². The highest BCUT2D eigenvalue weighted by atomic mass is 32.2. The molecular weight excluding hydrogens is 393 g/mol. The first-order valence-corrected chi connectivity index (χ1v) is 11.1. The molecule has 9 heteroatoms. The van der Waals surface area contributed by atoms with Crippen molar-refractivity contribution in [2.45, 2.75) is 81.3 Å². The highest BCUT2D eigenvalue weighted by Gasteiger charge is 2.34. The lowest BCUT2D eigenvalue weighted by molar-refractivity contribution is -0.137. The second-order valence-corrected chi connectivity index (χ2v) is 9.29. The minimum Gasteiger partial charge on any atom is -0.360 e. The Hall–Kier alpha value is -1.16. The second-order valence-electron chi connectivity index (χ2n) is 7.29. The Morgan fingerprint density at radius 2 is 1.75 bits per heavy atom. The van der Waals surface area contributed by atoms with E-state index in [-0.39, 0.29) is 23.3 Å². The zero-order valence-corrected chi connectivity index (χ0v) is 17.1. The van der Waals surface area contributed by atoms with Crippen LogP contribution in [0.2, 0.25) is 0 Å². The molecule has 1 aliphatic carbocycles. The number of alkyl halides is 3. The first kappa shape index (κ1) is 23.1. The molecule has 0 heterocycles. The van der Waals surface area contributed by atoms with Gasteiger partial charge in [0.15, 0.2) is 0 Å². The van der Waals surface area contributed by atoms with Crippen LogP contribution in [0, 0.1) is 0 Å². The molecule has 0 spiro atoms. The van der Waals surface area contributed by atoms with Crippen LogP contribution < -0.4 is 5.73 Å². The molecule has 1 aliphatic rings. The normalized spacial score (nSPS) is 22.4. The van der Waals surface area contributed by atoms with Crippen molar-refractivity contribution in [1.29, 1.82) is 0 Å². The monoisotopic (exact) mass is 422 g/mol. The van der Waals surface area contributed by atoms with E-state index in [0.717, 1.165) is 43.5 Å². The summed E-state index contributed by atoms with van der Waals surface area (Å²) in [5.74, 6) is 0. The number of rotatable bonds is 8. The molecule has 1 aromatic carbocycles. The Labute approximate surface area is 165 Å². The van der Waals surface area contributed by atoms with E-state index in [4.69, 9.17) is 10.5 Å². The molecule has 0 radical (unpaired) electrons. The van der Waals surface area contributed by atoms with Gasteiger partial charge >= 0.3 is 6.18 Å². The lowest BCUT2D eigenvalue weighted by Crippen LogP contribution is -2.41. The van der Waals surface area contributed by atoms with E-state index < -0.39 is 21.8 Å². The maximum Gasteiger partial charge on any atom is 0.416 e. The largest absolute Gasteiger partial charge is 0.416 e. The van der Waals surface area contributed by atoms with Crippen LogP contribution in [0.5, 0.6) is 0 Å². The maximum atomic E-state index is 12.8. The molecular formula is C19H29F3N2O3S. The van der Waals surface area contributed by atoms with Crippen LogP contribution in [-0.4, -0.2) is 38.1 Å². The lowest BCUT2D eigenvalue weighted by Gasteiger charge is -2.34. The van der Waals surface area contributed by atoms with Crippen LogP contribution in [0.1, 0.15) is 57.4 Å². The summed E-state index contributed by atoms with van der Waals surface area (Å²) in [6.07, 6.45) is 0.752. The molecule has 1 unspecified atom stereocenters. The highest BCUT2D eigenvalue weighted by Crippen LogP contribution is 2.32. The SMILES string of the molecule is CCCCC(N)OC1CCC(N(C)S(=O)(=O)c2ccc(C(F)(F)F)cc2)CC1. The zero-order valence-electron chi connectivity index (χ0n) is 16.3. The van der Waals surface area contributed by atoms with Gasteiger partial charge in [-0.05, 0) is 62.8 Å². The first-order chi connectivity index (χ1) is 13.1. The molecule has 0 saturated heterocycles. The van der Waals surface area contributed by atoms with Crippen LogP contribution in [-0.2, 0) is 20.9 Å². The van der Waals surface area contributed by atoms with Gasteiger partial charge in [-0.1, -0.05) is 13.3 Å². The Balaban J connectivity index is 1.95. The third-order valence-electron chi connectivity index (χ3n) is 5.23. The van der Waals surface area contributed by atoms with E-state index in [1.807, 2.05) is 0 Å². The molecule has 0 bridgehead atoms. The Morgan fingerprint density at radius 1 is 1.18 bits per heavy atom. The van der Waals surface area contributed by atoms with E-state index in [9.17, 15) is 21.6 Å². The number of benzene rings is 1. The Bertz CT molecular complexity index is 715. The smallest absolute Gasteiger partial charge is 0.360 e. The molecule has 1 fully saturated rings. The summed E-state index contributed by atoms with van der Waals surface area (Å²) in [4.78, 5) is -0.136. The fourth-order valence-corrected chi connectivity index (χ4v) is 4.86. The predicted molar refractivity (Wildman–Crippen MR) is 101 cm³/mol. The zero-order chi connectivity index (χ0) is 20.9.